The van der Waals surface area contributed by atoms with E-state index in [2.05, 4.69) is 24.8 Å². The SMILES string of the molecule is CC.COc1nccc(-c2c[nH]c3nc(N4CCC5(CCOC5)CC4)[nH]c(=O)c23)c1Cl. The molecule has 5 heterocycles. The van der Waals surface area contributed by atoms with Crippen molar-refractivity contribution < 1.29 is 9.47 Å². The molecule has 0 amide bonds. The third kappa shape index (κ3) is 3.90. The van der Waals surface area contributed by atoms with Gasteiger partial charge in [0.2, 0.25) is 11.8 Å². The molecule has 2 aliphatic heterocycles. The third-order valence-electron chi connectivity index (χ3n) is 6.18. The number of nitrogens with zero attached hydrogens (tertiary/aromatic N) is 3. The summed E-state index contributed by atoms with van der Waals surface area (Å²) in [4.78, 5) is 30.0. The highest BCUT2D eigenvalue weighted by atomic mass is 35.5. The molecule has 31 heavy (non-hydrogen) atoms. The van der Waals surface area contributed by atoms with E-state index in [0.29, 0.717) is 44.4 Å². The Morgan fingerprint density at radius 1 is 1.23 bits per heavy atom. The predicted molar refractivity (Wildman–Crippen MR) is 122 cm³/mol. The van der Waals surface area contributed by atoms with Gasteiger partial charge in [0.15, 0.2) is 0 Å². The second-order valence-corrected chi connectivity index (χ2v) is 8.16. The maximum absolute atomic E-state index is 13.0. The standard InChI is InChI=1S/C20H22ClN5O3.C2H6/c1-28-18-15(21)12(2-6-22-18)13-10-23-16-14(13)17(27)25-19(24-16)26-7-3-20(4-8-26)5-9-29-11-20;1-2/h2,6,10H,3-5,7-9,11H2,1H3,(H2,23,24,25,27);1-2H3. The van der Waals surface area contributed by atoms with Crippen molar-refractivity contribution in [1.82, 2.24) is 19.9 Å². The summed E-state index contributed by atoms with van der Waals surface area (Å²) >= 11 is 6.41. The van der Waals surface area contributed by atoms with Crippen LogP contribution >= 0.6 is 11.6 Å². The maximum atomic E-state index is 13.0. The van der Waals surface area contributed by atoms with Crippen molar-refractivity contribution >= 4 is 28.6 Å². The minimum absolute atomic E-state index is 0.197. The van der Waals surface area contributed by atoms with Gasteiger partial charge in [0.05, 0.1) is 19.1 Å². The van der Waals surface area contributed by atoms with Gasteiger partial charge in [0.1, 0.15) is 10.7 Å². The van der Waals surface area contributed by atoms with E-state index < -0.39 is 0 Å². The van der Waals surface area contributed by atoms with Crippen LogP contribution in [0, 0.1) is 5.41 Å². The molecule has 2 fully saturated rings. The van der Waals surface area contributed by atoms with Crippen molar-refractivity contribution in [2.24, 2.45) is 5.41 Å². The highest BCUT2D eigenvalue weighted by Crippen LogP contribution is 2.40. The molecule has 5 rings (SSSR count). The van der Waals surface area contributed by atoms with Gasteiger partial charge >= 0.3 is 0 Å². The van der Waals surface area contributed by atoms with Crippen LogP contribution in [-0.2, 0) is 4.74 Å². The molecule has 0 unspecified atom stereocenters. The van der Waals surface area contributed by atoms with Crippen LogP contribution in [0.5, 0.6) is 5.88 Å². The van der Waals surface area contributed by atoms with Crippen LogP contribution in [0.3, 0.4) is 0 Å². The summed E-state index contributed by atoms with van der Waals surface area (Å²) in [6, 6.07) is 1.76. The summed E-state index contributed by atoms with van der Waals surface area (Å²) < 4.78 is 10.8. The Kier molecular flexibility index (Phi) is 6.20. The molecule has 0 bridgehead atoms. The molecular weight excluding hydrogens is 418 g/mol. The molecule has 2 N–H and O–H groups in total. The van der Waals surface area contributed by atoms with E-state index in [-0.39, 0.29) is 5.56 Å². The molecule has 0 aliphatic carbocycles. The average Bonchev–Trinajstić information content (AvgIpc) is 3.43. The van der Waals surface area contributed by atoms with Gasteiger partial charge in [-0.15, -0.1) is 0 Å². The summed E-state index contributed by atoms with van der Waals surface area (Å²) in [6.07, 6.45) is 6.58. The lowest BCUT2D eigenvalue weighted by atomic mass is 9.78. The molecule has 1 spiro atoms. The quantitative estimate of drug-likeness (QED) is 0.632. The van der Waals surface area contributed by atoms with Crippen LogP contribution in [0.4, 0.5) is 5.95 Å². The van der Waals surface area contributed by atoms with E-state index in [0.717, 1.165) is 45.6 Å². The van der Waals surface area contributed by atoms with Crippen molar-refractivity contribution in [3.05, 3.63) is 33.8 Å². The van der Waals surface area contributed by atoms with E-state index >= 15 is 0 Å². The minimum atomic E-state index is -0.197. The number of hydrogen-bond acceptors (Lipinski definition) is 6. The number of methoxy groups -OCH3 is 1. The zero-order chi connectivity index (χ0) is 22.0. The van der Waals surface area contributed by atoms with E-state index in [1.54, 1.807) is 18.5 Å². The molecule has 0 aromatic carbocycles. The lowest BCUT2D eigenvalue weighted by molar-refractivity contribution is 0.133. The second-order valence-electron chi connectivity index (χ2n) is 7.79. The van der Waals surface area contributed by atoms with Crippen molar-refractivity contribution in [3.8, 4) is 17.0 Å². The van der Waals surface area contributed by atoms with Crippen LogP contribution in [-0.4, -0.2) is 53.3 Å². The number of hydrogen-bond donors (Lipinski definition) is 2. The number of nitrogens with one attached hydrogen (secondary N) is 2. The third-order valence-corrected chi connectivity index (χ3v) is 6.54. The molecule has 0 saturated carbocycles. The molecule has 9 heteroatoms. The molecule has 3 aromatic heterocycles. The smallest absolute Gasteiger partial charge is 0.262 e. The van der Waals surface area contributed by atoms with Crippen LogP contribution < -0.4 is 15.2 Å². The molecule has 3 aromatic rings. The number of rotatable bonds is 3. The normalized spacial score (nSPS) is 17.6. The number of piperidine rings is 1. The number of pyridine rings is 1. The number of halogens is 1. The van der Waals surface area contributed by atoms with Crippen LogP contribution in [0.15, 0.2) is 23.3 Å². The first-order valence-corrected chi connectivity index (χ1v) is 11.1. The minimum Gasteiger partial charge on any atom is -0.480 e. The highest BCUT2D eigenvalue weighted by Gasteiger charge is 2.38. The van der Waals surface area contributed by atoms with Crippen molar-refractivity contribution in [2.45, 2.75) is 33.1 Å². The fraction of sp³-hybridized carbons (Fsp3) is 0.500. The first-order chi connectivity index (χ1) is 15.1. The number of ether oxygens (including phenoxy) is 2. The predicted octanol–water partition coefficient (Wildman–Crippen LogP) is 4.01. The van der Waals surface area contributed by atoms with Crippen molar-refractivity contribution in [1.29, 1.82) is 0 Å². The van der Waals surface area contributed by atoms with Crippen LogP contribution in [0.25, 0.3) is 22.2 Å². The van der Waals surface area contributed by atoms with Gasteiger partial charge in [-0.3, -0.25) is 9.78 Å². The maximum Gasteiger partial charge on any atom is 0.262 e. The topological polar surface area (TPSA) is 96.1 Å². The van der Waals surface area contributed by atoms with Crippen molar-refractivity contribution in [2.75, 3.05) is 38.3 Å². The molecule has 2 aliphatic rings. The van der Waals surface area contributed by atoms with E-state index in [4.69, 9.17) is 21.1 Å². The van der Waals surface area contributed by atoms with Gasteiger partial charge in [-0.2, -0.15) is 4.98 Å². The van der Waals surface area contributed by atoms with E-state index in [1.807, 2.05) is 13.8 Å². The number of fused-ring (bicyclic) bond motifs is 1. The second kappa shape index (κ2) is 8.88. The Labute approximate surface area is 185 Å². The summed E-state index contributed by atoms with van der Waals surface area (Å²) in [7, 11) is 1.51. The van der Waals surface area contributed by atoms with Gasteiger partial charge in [-0.1, -0.05) is 25.4 Å². The first-order valence-electron chi connectivity index (χ1n) is 10.7. The molecule has 166 valence electrons. The van der Waals surface area contributed by atoms with Crippen LogP contribution in [0.1, 0.15) is 33.1 Å². The Bertz CT molecular complexity index is 1110. The number of aromatic nitrogens is 4. The molecule has 0 radical (unpaired) electrons. The van der Waals surface area contributed by atoms with Gasteiger partial charge < -0.3 is 19.4 Å². The Hall–Kier alpha value is -2.58. The van der Waals surface area contributed by atoms with Gasteiger partial charge in [0, 0.05) is 43.2 Å². The van der Waals surface area contributed by atoms with E-state index in [1.165, 1.54) is 7.11 Å². The first kappa shape index (κ1) is 21.6. The number of H-pyrrole nitrogens is 2. The van der Waals surface area contributed by atoms with Crippen LogP contribution in [0.2, 0.25) is 5.02 Å². The van der Waals surface area contributed by atoms with Gasteiger partial charge in [-0.05, 0) is 30.7 Å². The van der Waals surface area contributed by atoms with Gasteiger partial charge in [-0.25, -0.2) is 4.98 Å². The summed E-state index contributed by atoms with van der Waals surface area (Å²) in [5.41, 5.74) is 1.99. The summed E-state index contributed by atoms with van der Waals surface area (Å²) in [5, 5.41) is 0.834. The fourth-order valence-corrected chi connectivity index (χ4v) is 4.69. The average molecular weight is 446 g/mol. The summed E-state index contributed by atoms with van der Waals surface area (Å²) in [6.45, 7) is 7.42. The zero-order valence-electron chi connectivity index (χ0n) is 18.1. The Morgan fingerprint density at radius 3 is 2.68 bits per heavy atom. The molecular formula is C22H28ClN5O3. The van der Waals surface area contributed by atoms with Gasteiger partial charge in [0.25, 0.3) is 5.56 Å². The number of aromatic amines is 2. The lowest BCUT2D eigenvalue weighted by Crippen LogP contribution is -2.41. The Balaban J connectivity index is 0.00000112. The molecule has 8 nitrogen and oxygen atoms in total. The molecule has 2 saturated heterocycles. The summed E-state index contributed by atoms with van der Waals surface area (Å²) in [5.74, 6) is 0.917. The zero-order valence-corrected chi connectivity index (χ0v) is 18.9. The fourth-order valence-electron chi connectivity index (χ4n) is 4.40. The lowest BCUT2D eigenvalue weighted by Gasteiger charge is -2.38. The largest absolute Gasteiger partial charge is 0.480 e. The monoisotopic (exact) mass is 445 g/mol. The molecule has 0 atom stereocenters. The van der Waals surface area contributed by atoms with E-state index in [9.17, 15) is 4.79 Å². The van der Waals surface area contributed by atoms with Crippen molar-refractivity contribution in [3.63, 3.8) is 0 Å². The number of anilines is 1. The Morgan fingerprint density at radius 2 is 2.00 bits per heavy atom. The highest BCUT2D eigenvalue weighted by molar-refractivity contribution is 6.35.